The molecule has 2 heterocycles. The van der Waals surface area contributed by atoms with E-state index in [0.29, 0.717) is 16.7 Å². The Kier molecular flexibility index (Phi) is 9.58. The summed E-state index contributed by atoms with van der Waals surface area (Å²) in [6.07, 6.45) is 12.4. The fourth-order valence-electron chi connectivity index (χ4n) is 4.34. The third-order valence-corrected chi connectivity index (χ3v) is 7.25. The number of aromatic nitrogens is 1. The molecule has 0 spiro atoms. The lowest BCUT2D eigenvalue weighted by Gasteiger charge is -2.31. The van der Waals surface area contributed by atoms with E-state index in [4.69, 9.17) is 10.5 Å². The first-order valence-corrected chi connectivity index (χ1v) is 12.6. The summed E-state index contributed by atoms with van der Waals surface area (Å²) >= 11 is 1.39. The number of nitrogens with two attached hydrogens (primary N) is 1. The normalized spacial score (nSPS) is 22.3. The van der Waals surface area contributed by atoms with Gasteiger partial charge < -0.3 is 15.8 Å². The summed E-state index contributed by atoms with van der Waals surface area (Å²) in [6, 6.07) is 0.208. The number of aliphatic imine (C=N–C) groups is 1. The largest absolute Gasteiger partial charge is 0.464 e. The van der Waals surface area contributed by atoms with Crippen LogP contribution < -0.4 is 15.8 Å². The molecule has 10 heteroatoms. The van der Waals surface area contributed by atoms with Gasteiger partial charge in [0.15, 0.2) is 6.61 Å². The smallest absolute Gasteiger partial charge is 0.278 e. The first-order valence-electron chi connectivity index (χ1n) is 11.8. The van der Waals surface area contributed by atoms with E-state index in [1.54, 1.807) is 19.3 Å². The second-order valence-corrected chi connectivity index (χ2v) is 10.2. The zero-order valence-corrected chi connectivity index (χ0v) is 20.8. The number of rotatable bonds is 10. The highest BCUT2D eigenvalue weighted by Gasteiger charge is 2.27. The number of hydrogen-bond acceptors (Lipinski definition) is 7. The number of amides is 1. The second-order valence-electron chi connectivity index (χ2n) is 9.14. The molecule has 1 aliphatic heterocycles. The number of fused-ring (bicyclic) bond motifs is 1. The van der Waals surface area contributed by atoms with Gasteiger partial charge in [-0.3, -0.25) is 14.7 Å². The lowest BCUT2D eigenvalue weighted by Crippen LogP contribution is -2.37. The lowest BCUT2D eigenvalue weighted by atomic mass is 9.84. The molecule has 1 aliphatic carbocycles. The number of thiazole rings is 1. The van der Waals surface area contributed by atoms with E-state index in [1.807, 2.05) is 0 Å². The predicted molar refractivity (Wildman–Crippen MR) is 132 cm³/mol. The van der Waals surface area contributed by atoms with Crippen LogP contribution in [0.2, 0.25) is 0 Å². The Hall–Kier alpha value is -2.33. The topological polar surface area (TPSA) is 92.8 Å². The summed E-state index contributed by atoms with van der Waals surface area (Å²) in [5, 5.41) is 3.43. The van der Waals surface area contributed by atoms with Gasteiger partial charge in [0.2, 0.25) is 5.91 Å². The molecular formula is C24H35F2N5O2S. The molecule has 1 aromatic heterocycles. The van der Waals surface area contributed by atoms with Crippen LogP contribution in [0.25, 0.3) is 0 Å². The minimum atomic E-state index is -2.86. The molecule has 1 fully saturated rings. The Labute approximate surface area is 204 Å². The minimum Gasteiger partial charge on any atom is -0.464 e. The molecule has 0 aromatic carbocycles. The van der Waals surface area contributed by atoms with E-state index in [9.17, 15) is 13.6 Å². The molecule has 1 saturated carbocycles. The summed E-state index contributed by atoms with van der Waals surface area (Å²) in [5.74, 6) is -2.31. The van der Waals surface area contributed by atoms with Gasteiger partial charge in [-0.1, -0.05) is 11.3 Å². The number of allylic oxidation sites excluding steroid dienone is 2. The molecule has 34 heavy (non-hydrogen) atoms. The monoisotopic (exact) mass is 495 g/mol. The Bertz CT molecular complexity index is 902. The lowest BCUT2D eigenvalue weighted by molar-refractivity contribution is -0.117. The minimum absolute atomic E-state index is 0.106. The van der Waals surface area contributed by atoms with Crippen LogP contribution in [0.4, 0.5) is 8.78 Å². The van der Waals surface area contributed by atoms with Crippen LogP contribution in [0.3, 0.4) is 0 Å². The average molecular weight is 496 g/mol. The zero-order chi connectivity index (χ0) is 24.6. The molecule has 0 bridgehead atoms. The molecule has 3 N–H and O–H groups in total. The molecule has 1 aromatic rings. The van der Waals surface area contributed by atoms with E-state index in [2.05, 4.69) is 20.2 Å². The SMILES string of the molecule is CN=CC(=CN)/C=C/C(=O)NC1CCC(CCN2CCc3sc(OCC(C)(F)F)nc3C2)CC1. The highest BCUT2D eigenvalue weighted by atomic mass is 32.1. The molecule has 0 atom stereocenters. The van der Waals surface area contributed by atoms with Gasteiger partial charge in [0.25, 0.3) is 11.1 Å². The van der Waals surface area contributed by atoms with Gasteiger partial charge in [0.05, 0.1) is 5.69 Å². The van der Waals surface area contributed by atoms with Crippen molar-refractivity contribution in [1.82, 2.24) is 15.2 Å². The summed E-state index contributed by atoms with van der Waals surface area (Å²) in [7, 11) is 1.66. The highest BCUT2D eigenvalue weighted by Crippen LogP contribution is 2.32. The Morgan fingerprint density at radius 2 is 2.12 bits per heavy atom. The van der Waals surface area contributed by atoms with Crippen LogP contribution in [0, 0.1) is 5.92 Å². The van der Waals surface area contributed by atoms with Crippen LogP contribution in [0.5, 0.6) is 5.19 Å². The first-order chi connectivity index (χ1) is 16.3. The van der Waals surface area contributed by atoms with E-state index in [-0.39, 0.29) is 11.9 Å². The first kappa shape index (κ1) is 26.3. The van der Waals surface area contributed by atoms with Crippen LogP contribution in [-0.4, -0.2) is 60.7 Å². The molecule has 3 rings (SSSR count). The van der Waals surface area contributed by atoms with Gasteiger partial charge in [-0.05, 0) is 57.1 Å². The molecule has 0 saturated heterocycles. The molecule has 188 valence electrons. The van der Waals surface area contributed by atoms with Gasteiger partial charge in [-0.25, -0.2) is 13.8 Å². The maximum absolute atomic E-state index is 13.0. The number of ether oxygens (including phenoxy) is 1. The van der Waals surface area contributed by atoms with E-state index >= 15 is 0 Å². The fourth-order valence-corrected chi connectivity index (χ4v) is 5.25. The van der Waals surface area contributed by atoms with Crippen molar-refractivity contribution in [2.45, 2.75) is 64.0 Å². The van der Waals surface area contributed by atoms with Crippen LogP contribution in [0.1, 0.15) is 49.6 Å². The number of alkyl halides is 2. The number of nitrogens with zero attached hydrogens (tertiary/aromatic N) is 3. The summed E-state index contributed by atoms with van der Waals surface area (Å²) < 4.78 is 31.2. The van der Waals surface area contributed by atoms with Crippen LogP contribution >= 0.6 is 11.3 Å². The summed E-state index contributed by atoms with van der Waals surface area (Å²) in [5.41, 5.74) is 7.16. The van der Waals surface area contributed by atoms with Crippen LogP contribution in [-0.2, 0) is 17.8 Å². The van der Waals surface area contributed by atoms with Gasteiger partial charge in [0.1, 0.15) is 0 Å². The standard InChI is InChI=1S/C24H35F2N5O2S/c1-24(25,26)16-33-23-30-20-15-31(12-10-21(20)34-23)11-9-17-3-6-19(7-4-17)29-22(32)8-5-18(13-27)14-28-2/h5,8,13-14,17,19H,3-4,6-7,9-12,15-16,27H2,1-2H3,(H,29,32)/b8-5+,18-13?,28-14?. The average Bonchev–Trinajstić information content (AvgIpc) is 3.22. The van der Waals surface area contributed by atoms with Crippen molar-refractivity contribution < 1.29 is 18.3 Å². The van der Waals surface area contributed by atoms with Gasteiger partial charge in [0, 0.05) is 62.0 Å². The van der Waals surface area contributed by atoms with E-state index in [1.165, 1.54) is 23.6 Å². The van der Waals surface area contributed by atoms with E-state index in [0.717, 1.165) is 75.7 Å². The van der Waals surface area contributed by atoms with Crippen molar-refractivity contribution in [3.05, 3.63) is 34.5 Å². The molecule has 1 amide bonds. The van der Waals surface area contributed by atoms with Crippen molar-refractivity contribution in [2.24, 2.45) is 16.6 Å². The van der Waals surface area contributed by atoms with Crippen molar-refractivity contribution in [1.29, 1.82) is 0 Å². The second kappa shape index (κ2) is 12.4. The number of carbonyl (C=O) groups is 1. The van der Waals surface area contributed by atoms with Crippen molar-refractivity contribution >= 4 is 23.5 Å². The van der Waals surface area contributed by atoms with Gasteiger partial charge >= 0.3 is 0 Å². The number of halogens is 2. The number of nitrogens with one attached hydrogen (secondary N) is 1. The predicted octanol–water partition coefficient (Wildman–Crippen LogP) is 3.70. The molecular weight excluding hydrogens is 460 g/mol. The Morgan fingerprint density at radius 1 is 1.35 bits per heavy atom. The number of carbonyl (C=O) groups excluding carboxylic acids is 1. The van der Waals surface area contributed by atoms with Crippen molar-refractivity contribution in [3.63, 3.8) is 0 Å². The maximum atomic E-state index is 13.0. The van der Waals surface area contributed by atoms with Gasteiger partial charge in [-0.2, -0.15) is 0 Å². The van der Waals surface area contributed by atoms with Crippen molar-refractivity contribution in [2.75, 3.05) is 26.7 Å². The Balaban J connectivity index is 1.36. The molecule has 0 unspecified atom stereocenters. The van der Waals surface area contributed by atoms with E-state index < -0.39 is 12.5 Å². The van der Waals surface area contributed by atoms with Crippen molar-refractivity contribution in [3.8, 4) is 5.19 Å². The number of hydrogen-bond donors (Lipinski definition) is 2. The summed E-state index contributed by atoms with van der Waals surface area (Å²) in [4.78, 5) is 24.0. The maximum Gasteiger partial charge on any atom is 0.278 e. The Morgan fingerprint density at radius 3 is 2.79 bits per heavy atom. The summed E-state index contributed by atoms with van der Waals surface area (Å²) in [6.45, 7) is 2.91. The van der Waals surface area contributed by atoms with Crippen LogP contribution in [0.15, 0.2) is 28.9 Å². The van der Waals surface area contributed by atoms with Gasteiger partial charge in [-0.15, -0.1) is 0 Å². The highest BCUT2D eigenvalue weighted by molar-refractivity contribution is 7.13. The third-order valence-electron chi connectivity index (χ3n) is 6.18. The third kappa shape index (κ3) is 8.47. The molecule has 7 nitrogen and oxygen atoms in total. The zero-order valence-electron chi connectivity index (χ0n) is 19.9. The molecule has 0 radical (unpaired) electrons. The molecule has 2 aliphatic rings. The fraction of sp³-hybridized carbons (Fsp3) is 0.625. The quantitative estimate of drug-likeness (QED) is 0.293.